The molecule has 0 saturated heterocycles. The molecule has 0 N–H and O–H groups in total. The molecule has 0 spiro atoms. The van der Waals surface area contributed by atoms with Gasteiger partial charge in [0.15, 0.2) is 0 Å². The van der Waals surface area contributed by atoms with Crippen LogP contribution in [0, 0.1) is 32.6 Å². The van der Waals surface area contributed by atoms with E-state index in [1.807, 2.05) is 0 Å². The molecule has 1 heteroatoms. The summed E-state index contributed by atoms with van der Waals surface area (Å²) in [4.78, 5) is 0. The first-order chi connectivity index (χ1) is 7.29. The minimum atomic E-state index is -2.37. The van der Waals surface area contributed by atoms with Crippen molar-refractivity contribution in [1.29, 1.82) is 0 Å². The molecule has 0 atom stereocenters. The summed E-state index contributed by atoms with van der Waals surface area (Å²) in [7, 11) is 0. The van der Waals surface area contributed by atoms with Crippen LogP contribution in [0.4, 0.5) is 0 Å². The van der Waals surface area contributed by atoms with E-state index in [-0.39, 0.29) is 0 Å². The number of rotatable bonds is 7. The topological polar surface area (TPSA) is 0 Å². The van der Waals surface area contributed by atoms with E-state index in [0.717, 1.165) is 6.42 Å². The summed E-state index contributed by atoms with van der Waals surface area (Å²) in [6.45, 7) is 11.8. The summed E-state index contributed by atoms with van der Waals surface area (Å²) >= 11 is -2.37. The Balaban J connectivity index is 2.93. The number of hydrogen-bond acceptors (Lipinski definition) is 0. The van der Waals surface area contributed by atoms with Crippen LogP contribution >= 0.6 is 0 Å². The summed E-state index contributed by atoms with van der Waals surface area (Å²) in [6.07, 6.45) is 14.3. The van der Waals surface area contributed by atoms with Gasteiger partial charge >= 0.3 is 103 Å². The fraction of sp³-hybridized carbons (Fsp3) is 0.286. The van der Waals surface area contributed by atoms with Crippen LogP contribution in [0.3, 0.4) is 0 Å². The summed E-state index contributed by atoms with van der Waals surface area (Å²) in [6, 6.07) is 0. The molecule has 0 unspecified atom stereocenters. The Kier molecular flexibility index (Phi) is 5.77. The van der Waals surface area contributed by atoms with E-state index < -0.39 is 32.6 Å². The molecule has 0 aromatic rings. The SMILES string of the molecule is C=C[CH2][Nd]([CH2]C=C)([CH2]C=C)[C]1=CC=CC1. The van der Waals surface area contributed by atoms with Gasteiger partial charge in [-0.3, -0.25) is 0 Å². The first-order valence-corrected chi connectivity index (χ1v) is 13.9. The summed E-state index contributed by atoms with van der Waals surface area (Å²) in [5.41, 5.74) is 0. The van der Waals surface area contributed by atoms with Gasteiger partial charge in [-0.2, -0.15) is 0 Å². The minimum absolute atomic E-state index is 1.16. The van der Waals surface area contributed by atoms with Crippen LogP contribution in [-0.2, 0) is 0 Å². The summed E-state index contributed by atoms with van der Waals surface area (Å²) in [5.74, 6) is 0. The van der Waals surface area contributed by atoms with E-state index in [4.69, 9.17) is 0 Å². The van der Waals surface area contributed by atoms with Crippen LogP contribution < -0.4 is 0 Å². The van der Waals surface area contributed by atoms with Crippen LogP contribution in [0.5, 0.6) is 0 Å². The predicted octanol–water partition coefficient (Wildman–Crippen LogP) is 4.80. The third-order valence-corrected chi connectivity index (χ3v) is 18.9. The van der Waals surface area contributed by atoms with Crippen molar-refractivity contribution in [2.45, 2.75) is 12.6 Å². The molecule has 0 fully saturated rings. The maximum atomic E-state index is 3.92. The van der Waals surface area contributed by atoms with Crippen LogP contribution in [0.15, 0.2) is 57.4 Å². The molecule has 1 rings (SSSR count). The summed E-state index contributed by atoms with van der Waals surface area (Å²) < 4.78 is 5.37. The van der Waals surface area contributed by atoms with Gasteiger partial charge in [0.25, 0.3) is 0 Å². The van der Waals surface area contributed by atoms with Crippen molar-refractivity contribution in [2.24, 2.45) is 0 Å². The van der Waals surface area contributed by atoms with Crippen molar-refractivity contribution >= 4 is 0 Å². The first kappa shape index (κ1) is 13.1. The Morgan fingerprint density at radius 1 is 1.07 bits per heavy atom. The quantitative estimate of drug-likeness (QED) is 0.588. The molecular weight excluding hydrogens is 312 g/mol. The van der Waals surface area contributed by atoms with Crippen molar-refractivity contribution in [3.63, 3.8) is 0 Å². The second-order valence-corrected chi connectivity index (χ2v) is 18.3. The van der Waals surface area contributed by atoms with Gasteiger partial charge in [-0.25, -0.2) is 0 Å². The van der Waals surface area contributed by atoms with Gasteiger partial charge in [-0.05, 0) is 0 Å². The molecule has 0 aromatic heterocycles. The Bertz CT molecular complexity index is 281. The summed E-state index contributed by atoms with van der Waals surface area (Å²) in [5, 5.41) is 0. The fourth-order valence-corrected chi connectivity index (χ4v) is 15.0. The van der Waals surface area contributed by atoms with Gasteiger partial charge in [0.2, 0.25) is 0 Å². The molecule has 1 aliphatic rings. The van der Waals surface area contributed by atoms with Crippen LogP contribution in [-0.4, -0.2) is 0 Å². The van der Waals surface area contributed by atoms with E-state index in [9.17, 15) is 0 Å². The van der Waals surface area contributed by atoms with Gasteiger partial charge in [-0.1, -0.05) is 0 Å². The molecule has 0 bridgehead atoms. The normalized spacial score (nSPS) is 14.8. The van der Waals surface area contributed by atoms with Gasteiger partial charge in [0.05, 0.1) is 0 Å². The van der Waals surface area contributed by atoms with Crippen LogP contribution in [0.25, 0.3) is 0 Å². The van der Waals surface area contributed by atoms with Gasteiger partial charge in [0.1, 0.15) is 0 Å². The third kappa shape index (κ3) is 3.25. The van der Waals surface area contributed by atoms with Crippen molar-refractivity contribution in [3.8, 4) is 0 Å². The zero-order chi connectivity index (χ0) is 11.1. The van der Waals surface area contributed by atoms with E-state index in [2.05, 4.69) is 56.2 Å². The average molecular weight is 333 g/mol. The molecule has 80 valence electrons. The average Bonchev–Trinajstić information content (AvgIpc) is 2.72. The van der Waals surface area contributed by atoms with Crippen molar-refractivity contribution < 1.29 is 32.6 Å². The van der Waals surface area contributed by atoms with E-state index in [1.165, 1.54) is 6.21 Å². The molecule has 0 aromatic carbocycles. The molecule has 15 heavy (non-hydrogen) atoms. The van der Waals surface area contributed by atoms with Crippen molar-refractivity contribution in [3.05, 3.63) is 57.4 Å². The zero-order valence-electron chi connectivity index (χ0n) is 9.41. The first-order valence-electron chi connectivity index (χ1n) is 5.48. The molecular formula is C14H20Nd. The van der Waals surface area contributed by atoms with Crippen LogP contribution in [0.1, 0.15) is 6.42 Å². The van der Waals surface area contributed by atoms with Gasteiger partial charge < -0.3 is 0 Å². The molecule has 0 heterocycles. The molecule has 0 aliphatic heterocycles. The van der Waals surface area contributed by atoms with Gasteiger partial charge in [0, 0.05) is 0 Å². The Morgan fingerprint density at radius 3 is 1.93 bits per heavy atom. The van der Waals surface area contributed by atoms with E-state index in [0.29, 0.717) is 0 Å². The molecule has 1 aliphatic carbocycles. The monoisotopic (exact) mass is 330 g/mol. The molecule has 0 nitrogen and oxygen atoms in total. The predicted molar refractivity (Wildman–Crippen MR) is 66.9 cm³/mol. The van der Waals surface area contributed by atoms with Crippen molar-refractivity contribution in [2.75, 3.05) is 0 Å². The molecule has 0 amide bonds. The Hall–Kier alpha value is 0.0506. The Labute approximate surface area is 101 Å². The molecule has 0 saturated carbocycles. The second-order valence-electron chi connectivity index (χ2n) is 4.08. The maximum absolute atomic E-state index is 3.92. The standard InChI is InChI=1S/C5H5.3C3H5.Nd/c1-2-4-5-3-1;3*1-3-2;/h1-3H,4H2;3*3H,1-2H2;. The van der Waals surface area contributed by atoms with E-state index >= 15 is 0 Å². The fourth-order valence-electron chi connectivity index (χ4n) is 2.31. The third-order valence-electron chi connectivity index (χ3n) is 3.06. The number of hydrogen-bond donors (Lipinski definition) is 0. The van der Waals surface area contributed by atoms with Crippen molar-refractivity contribution in [1.82, 2.24) is 0 Å². The van der Waals surface area contributed by atoms with E-state index in [1.54, 1.807) is 1.22 Å². The Morgan fingerprint density at radius 2 is 1.60 bits per heavy atom. The van der Waals surface area contributed by atoms with Gasteiger partial charge in [-0.15, -0.1) is 0 Å². The van der Waals surface area contributed by atoms with Crippen LogP contribution in [0.2, 0.25) is 6.21 Å². The molecule has 0 radical (unpaired) electrons. The number of allylic oxidation sites excluding steroid dienone is 7. The zero-order valence-corrected chi connectivity index (χ0v) is 12.6. The second kappa shape index (κ2) is 6.59.